The molecular weight excluding hydrogens is 455 g/mol. The van der Waals surface area contributed by atoms with Gasteiger partial charge in [-0.05, 0) is 53.9 Å². The summed E-state index contributed by atoms with van der Waals surface area (Å²) < 4.78 is 18.8. The van der Waals surface area contributed by atoms with E-state index in [0.29, 0.717) is 23.7 Å². The van der Waals surface area contributed by atoms with Gasteiger partial charge in [-0.1, -0.05) is 61.0 Å². The highest BCUT2D eigenvalue weighted by atomic mass is 35.5. The van der Waals surface area contributed by atoms with Gasteiger partial charge >= 0.3 is 0 Å². The van der Waals surface area contributed by atoms with Crippen molar-refractivity contribution in [3.8, 4) is 5.75 Å². The van der Waals surface area contributed by atoms with Gasteiger partial charge in [0.2, 0.25) is 5.91 Å². The molecule has 34 heavy (non-hydrogen) atoms. The number of ether oxygens (including phenoxy) is 1. The Morgan fingerprint density at radius 1 is 1.00 bits per heavy atom. The summed E-state index contributed by atoms with van der Waals surface area (Å²) in [5.41, 5.74) is 1.73. The van der Waals surface area contributed by atoms with Crippen LogP contribution in [-0.4, -0.2) is 35.9 Å². The van der Waals surface area contributed by atoms with Crippen molar-refractivity contribution in [3.05, 3.63) is 101 Å². The van der Waals surface area contributed by atoms with Gasteiger partial charge < -0.3 is 15.0 Å². The molecule has 5 nitrogen and oxygen atoms in total. The van der Waals surface area contributed by atoms with Crippen molar-refractivity contribution in [3.63, 3.8) is 0 Å². The van der Waals surface area contributed by atoms with E-state index < -0.39 is 11.9 Å². The average Bonchev–Trinajstić information content (AvgIpc) is 2.85. The zero-order valence-electron chi connectivity index (χ0n) is 19.0. The maximum absolute atomic E-state index is 13.4. The first-order chi connectivity index (χ1) is 16.5. The smallest absolute Gasteiger partial charge is 0.261 e. The van der Waals surface area contributed by atoms with Crippen molar-refractivity contribution >= 4 is 23.4 Å². The number of halogens is 2. The maximum Gasteiger partial charge on any atom is 0.261 e. The first-order valence-corrected chi connectivity index (χ1v) is 11.6. The minimum atomic E-state index is -0.753. The van der Waals surface area contributed by atoms with Crippen LogP contribution in [0.4, 0.5) is 4.39 Å². The van der Waals surface area contributed by atoms with E-state index in [1.54, 1.807) is 18.2 Å². The number of hydrogen-bond acceptors (Lipinski definition) is 3. The lowest BCUT2D eigenvalue weighted by molar-refractivity contribution is -0.142. The summed E-state index contributed by atoms with van der Waals surface area (Å²) in [6.45, 7) is 2.37. The summed E-state index contributed by atoms with van der Waals surface area (Å²) in [5.74, 6) is -0.621. The fraction of sp³-hybridized carbons (Fsp3) is 0.259. The highest BCUT2D eigenvalue weighted by Gasteiger charge is 2.30. The summed E-state index contributed by atoms with van der Waals surface area (Å²) in [6.07, 6.45) is 1.12. The molecular formula is C27H28ClFN2O3. The molecule has 0 aromatic heterocycles. The number of rotatable bonds is 11. The number of nitrogens with zero attached hydrogens (tertiary/aromatic N) is 1. The summed E-state index contributed by atoms with van der Waals surface area (Å²) >= 11 is 6.16. The molecule has 0 bridgehead atoms. The average molecular weight is 483 g/mol. The molecule has 178 valence electrons. The molecule has 0 fully saturated rings. The number of hydrogen-bond donors (Lipinski definition) is 1. The lowest BCUT2D eigenvalue weighted by Crippen LogP contribution is -2.51. The van der Waals surface area contributed by atoms with Crippen molar-refractivity contribution in [2.24, 2.45) is 0 Å². The molecule has 3 aromatic rings. The molecule has 2 amide bonds. The normalized spacial score (nSPS) is 11.5. The fourth-order valence-electron chi connectivity index (χ4n) is 3.51. The zero-order chi connectivity index (χ0) is 24.3. The number of carbonyl (C=O) groups is 2. The third-order valence-corrected chi connectivity index (χ3v) is 5.47. The summed E-state index contributed by atoms with van der Waals surface area (Å²) in [6, 6.07) is 21.4. The van der Waals surface area contributed by atoms with Crippen LogP contribution < -0.4 is 10.1 Å². The fourth-order valence-corrected chi connectivity index (χ4v) is 3.72. The lowest BCUT2D eigenvalue weighted by atomic mass is 10.0. The Balaban J connectivity index is 1.88. The largest absolute Gasteiger partial charge is 0.484 e. The Bertz CT molecular complexity index is 1080. The topological polar surface area (TPSA) is 58.6 Å². The van der Waals surface area contributed by atoms with Gasteiger partial charge in [0.05, 0.1) is 0 Å². The van der Waals surface area contributed by atoms with Crippen molar-refractivity contribution in [1.29, 1.82) is 0 Å². The Kier molecular flexibility index (Phi) is 9.47. The van der Waals surface area contributed by atoms with E-state index in [2.05, 4.69) is 5.32 Å². The van der Waals surface area contributed by atoms with Gasteiger partial charge in [0.1, 0.15) is 17.6 Å². The van der Waals surface area contributed by atoms with Crippen molar-refractivity contribution in [2.45, 2.75) is 32.4 Å². The van der Waals surface area contributed by atoms with Gasteiger partial charge in [0.25, 0.3) is 5.91 Å². The third kappa shape index (κ3) is 7.59. The van der Waals surface area contributed by atoms with Crippen LogP contribution in [-0.2, 0) is 22.6 Å². The molecule has 3 rings (SSSR count). The molecule has 0 unspecified atom stereocenters. The predicted molar refractivity (Wildman–Crippen MR) is 131 cm³/mol. The number of amides is 2. The van der Waals surface area contributed by atoms with Crippen LogP contribution in [0.3, 0.4) is 0 Å². The van der Waals surface area contributed by atoms with E-state index in [0.717, 1.165) is 17.5 Å². The second-order valence-corrected chi connectivity index (χ2v) is 8.33. The molecule has 0 spiro atoms. The third-order valence-electron chi connectivity index (χ3n) is 5.24. The van der Waals surface area contributed by atoms with E-state index in [1.165, 1.54) is 29.2 Å². The molecule has 0 radical (unpaired) electrons. The van der Waals surface area contributed by atoms with Crippen LogP contribution in [0.5, 0.6) is 5.75 Å². The molecule has 7 heteroatoms. The van der Waals surface area contributed by atoms with Crippen molar-refractivity contribution in [2.75, 3.05) is 13.2 Å². The second kappa shape index (κ2) is 12.8. The Morgan fingerprint density at radius 2 is 1.71 bits per heavy atom. The Morgan fingerprint density at radius 3 is 2.38 bits per heavy atom. The Labute approximate surface area is 204 Å². The highest BCUT2D eigenvalue weighted by molar-refractivity contribution is 6.30. The van der Waals surface area contributed by atoms with E-state index in [1.807, 2.05) is 43.3 Å². The van der Waals surface area contributed by atoms with Crippen molar-refractivity contribution < 1.29 is 18.7 Å². The van der Waals surface area contributed by atoms with E-state index in [9.17, 15) is 14.0 Å². The van der Waals surface area contributed by atoms with Crippen LogP contribution >= 0.6 is 11.6 Å². The molecule has 1 atom stereocenters. The van der Waals surface area contributed by atoms with Gasteiger partial charge in [-0.3, -0.25) is 9.59 Å². The molecule has 0 aliphatic rings. The van der Waals surface area contributed by atoms with Crippen LogP contribution in [0.15, 0.2) is 78.9 Å². The molecule has 0 saturated carbocycles. The number of carbonyl (C=O) groups excluding carboxylic acids is 2. The van der Waals surface area contributed by atoms with Gasteiger partial charge in [0.15, 0.2) is 6.61 Å². The SMILES string of the molecule is CCCNC(=O)[C@@H](Cc1ccccc1)N(Cc1cccc(Cl)c1)C(=O)COc1ccc(F)cc1. The van der Waals surface area contributed by atoms with E-state index in [-0.39, 0.29) is 25.0 Å². The van der Waals surface area contributed by atoms with E-state index >= 15 is 0 Å². The molecule has 1 N–H and O–H groups in total. The molecule has 0 aliphatic carbocycles. The highest BCUT2D eigenvalue weighted by Crippen LogP contribution is 2.18. The zero-order valence-corrected chi connectivity index (χ0v) is 19.8. The van der Waals surface area contributed by atoms with Crippen molar-refractivity contribution in [1.82, 2.24) is 10.2 Å². The van der Waals surface area contributed by atoms with Crippen LogP contribution in [0, 0.1) is 5.82 Å². The molecule has 0 saturated heterocycles. The summed E-state index contributed by atoms with van der Waals surface area (Å²) in [4.78, 5) is 28.1. The standard InChI is InChI=1S/C27H28ClFN2O3/c1-2-15-30-27(33)25(17-20-7-4-3-5-8-20)31(18-21-9-6-10-22(28)16-21)26(32)19-34-24-13-11-23(29)12-14-24/h3-14,16,25H,2,15,17-19H2,1H3,(H,30,33)/t25-/m1/s1. The second-order valence-electron chi connectivity index (χ2n) is 7.89. The minimum absolute atomic E-state index is 0.184. The minimum Gasteiger partial charge on any atom is -0.484 e. The van der Waals surface area contributed by atoms with Crippen LogP contribution in [0.2, 0.25) is 5.02 Å². The monoisotopic (exact) mass is 482 g/mol. The number of benzene rings is 3. The summed E-state index contributed by atoms with van der Waals surface area (Å²) in [7, 11) is 0. The molecule has 3 aromatic carbocycles. The van der Waals surface area contributed by atoms with E-state index in [4.69, 9.17) is 16.3 Å². The van der Waals surface area contributed by atoms with Crippen LogP contribution in [0.1, 0.15) is 24.5 Å². The number of nitrogens with one attached hydrogen (secondary N) is 1. The first-order valence-electron chi connectivity index (χ1n) is 11.2. The first kappa shape index (κ1) is 25.2. The predicted octanol–water partition coefficient (Wildman–Crippen LogP) is 5.02. The summed E-state index contributed by atoms with van der Waals surface area (Å²) in [5, 5.41) is 3.47. The van der Waals surface area contributed by atoms with Gasteiger partial charge in [-0.25, -0.2) is 4.39 Å². The van der Waals surface area contributed by atoms with Gasteiger partial charge in [-0.2, -0.15) is 0 Å². The maximum atomic E-state index is 13.4. The molecule has 0 aliphatic heterocycles. The van der Waals surface area contributed by atoms with Gasteiger partial charge in [0, 0.05) is 24.5 Å². The molecule has 0 heterocycles. The van der Waals surface area contributed by atoms with Gasteiger partial charge in [-0.15, -0.1) is 0 Å². The Hall–Kier alpha value is -3.38. The lowest BCUT2D eigenvalue weighted by Gasteiger charge is -2.31. The quantitative estimate of drug-likeness (QED) is 0.417. The van der Waals surface area contributed by atoms with Crippen LogP contribution in [0.25, 0.3) is 0 Å².